The van der Waals surface area contributed by atoms with Crippen molar-refractivity contribution in [3.63, 3.8) is 0 Å². The van der Waals surface area contributed by atoms with Crippen LogP contribution in [0.4, 0.5) is 5.69 Å². The quantitative estimate of drug-likeness (QED) is 0.530. The Hall–Kier alpha value is -3.80. The zero-order chi connectivity index (χ0) is 21.4. The largest absolute Gasteiger partial charge is 0.381 e. The van der Waals surface area contributed by atoms with E-state index in [0.717, 1.165) is 22.5 Å². The van der Waals surface area contributed by atoms with E-state index in [9.17, 15) is 0 Å². The fraction of sp³-hybridized carbons (Fsp3) is 0.364. The van der Waals surface area contributed by atoms with Crippen LogP contribution in [0, 0.1) is 11.3 Å². The van der Waals surface area contributed by atoms with Crippen LogP contribution in [0.2, 0.25) is 0 Å². The SMILES string of the molecule is CC(C)Nc1cc(-n2ncc3cc(C#N)cnc32)ncc1-n1cc(C2CCCC2)nn1. The van der Waals surface area contributed by atoms with Gasteiger partial charge in [-0.25, -0.2) is 14.6 Å². The highest BCUT2D eigenvalue weighted by Crippen LogP contribution is 2.33. The highest BCUT2D eigenvalue weighted by molar-refractivity contribution is 5.77. The van der Waals surface area contributed by atoms with Gasteiger partial charge in [0.1, 0.15) is 11.8 Å². The van der Waals surface area contributed by atoms with Gasteiger partial charge in [0.2, 0.25) is 0 Å². The number of hydrogen-bond acceptors (Lipinski definition) is 7. The van der Waals surface area contributed by atoms with E-state index < -0.39 is 0 Å². The Bertz CT molecular complexity index is 1270. The summed E-state index contributed by atoms with van der Waals surface area (Å²) in [4.78, 5) is 9.03. The van der Waals surface area contributed by atoms with Gasteiger partial charge < -0.3 is 5.32 Å². The van der Waals surface area contributed by atoms with E-state index >= 15 is 0 Å². The lowest BCUT2D eigenvalue weighted by molar-refractivity contribution is 0.690. The first-order valence-electron chi connectivity index (χ1n) is 10.6. The molecule has 0 aliphatic heterocycles. The van der Waals surface area contributed by atoms with Crippen LogP contribution in [0.5, 0.6) is 0 Å². The molecule has 31 heavy (non-hydrogen) atoms. The minimum absolute atomic E-state index is 0.220. The van der Waals surface area contributed by atoms with E-state index in [1.165, 1.54) is 25.7 Å². The first-order chi connectivity index (χ1) is 15.1. The van der Waals surface area contributed by atoms with Gasteiger partial charge in [0.15, 0.2) is 11.5 Å². The lowest BCUT2D eigenvalue weighted by Crippen LogP contribution is -2.14. The van der Waals surface area contributed by atoms with Crippen LogP contribution in [0.1, 0.15) is 56.7 Å². The third-order valence-corrected chi connectivity index (χ3v) is 5.60. The topological polar surface area (TPSA) is 110 Å². The second-order valence-corrected chi connectivity index (χ2v) is 8.23. The summed E-state index contributed by atoms with van der Waals surface area (Å²) in [7, 11) is 0. The lowest BCUT2D eigenvalue weighted by Gasteiger charge is -2.15. The van der Waals surface area contributed by atoms with E-state index in [1.54, 1.807) is 34.0 Å². The van der Waals surface area contributed by atoms with Crippen LogP contribution in [-0.2, 0) is 0 Å². The van der Waals surface area contributed by atoms with Crippen LogP contribution >= 0.6 is 0 Å². The molecule has 4 aromatic rings. The maximum atomic E-state index is 9.10. The molecule has 1 fully saturated rings. The molecular formula is C22H23N9. The van der Waals surface area contributed by atoms with Crippen LogP contribution < -0.4 is 5.32 Å². The first kappa shape index (κ1) is 19.2. The number of pyridine rings is 2. The van der Waals surface area contributed by atoms with Gasteiger partial charge in [0.25, 0.3) is 0 Å². The van der Waals surface area contributed by atoms with Gasteiger partial charge >= 0.3 is 0 Å². The summed E-state index contributed by atoms with van der Waals surface area (Å²) in [6.07, 6.45) is 11.9. The van der Waals surface area contributed by atoms with E-state index in [1.807, 2.05) is 12.3 Å². The maximum absolute atomic E-state index is 9.10. The van der Waals surface area contributed by atoms with Crippen LogP contribution in [0.25, 0.3) is 22.5 Å². The molecule has 5 rings (SSSR count). The molecule has 0 saturated heterocycles. The van der Waals surface area contributed by atoms with Crippen molar-refractivity contribution in [3.8, 4) is 17.6 Å². The molecule has 4 heterocycles. The minimum atomic E-state index is 0.220. The molecule has 0 aromatic carbocycles. The molecule has 0 unspecified atom stereocenters. The summed E-state index contributed by atoms with van der Waals surface area (Å²) >= 11 is 0. The van der Waals surface area contributed by atoms with Crippen molar-refractivity contribution in [1.29, 1.82) is 5.26 Å². The Morgan fingerprint density at radius 2 is 1.97 bits per heavy atom. The lowest BCUT2D eigenvalue weighted by atomic mass is 10.1. The second-order valence-electron chi connectivity index (χ2n) is 8.23. The highest BCUT2D eigenvalue weighted by Gasteiger charge is 2.21. The monoisotopic (exact) mass is 413 g/mol. The number of anilines is 1. The Labute approximate surface area is 179 Å². The van der Waals surface area contributed by atoms with Crippen LogP contribution in [-0.4, -0.2) is 40.8 Å². The number of nitrogens with zero attached hydrogens (tertiary/aromatic N) is 8. The van der Waals surface area contributed by atoms with Crippen molar-refractivity contribution in [2.24, 2.45) is 0 Å². The molecule has 0 spiro atoms. The van der Waals surface area contributed by atoms with Gasteiger partial charge in [-0.1, -0.05) is 18.1 Å². The highest BCUT2D eigenvalue weighted by atomic mass is 15.4. The van der Waals surface area contributed by atoms with Crippen molar-refractivity contribution in [3.05, 3.63) is 48.2 Å². The molecule has 4 aromatic heterocycles. The Balaban J connectivity index is 1.55. The van der Waals surface area contributed by atoms with Gasteiger partial charge in [-0.3, -0.25) is 0 Å². The Morgan fingerprint density at radius 3 is 2.74 bits per heavy atom. The number of rotatable bonds is 5. The number of nitrogens with one attached hydrogen (secondary N) is 1. The number of fused-ring (bicyclic) bond motifs is 1. The molecule has 9 nitrogen and oxygen atoms in total. The molecule has 1 saturated carbocycles. The summed E-state index contributed by atoms with van der Waals surface area (Å²) in [6.45, 7) is 4.17. The molecule has 156 valence electrons. The third kappa shape index (κ3) is 3.61. The van der Waals surface area contributed by atoms with Crippen LogP contribution in [0.3, 0.4) is 0 Å². The first-order valence-corrected chi connectivity index (χ1v) is 10.6. The predicted molar refractivity (Wildman–Crippen MR) is 116 cm³/mol. The Morgan fingerprint density at radius 1 is 1.13 bits per heavy atom. The zero-order valence-electron chi connectivity index (χ0n) is 17.5. The predicted octanol–water partition coefficient (Wildman–Crippen LogP) is 3.75. The minimum Gasteiger partial charge on any atom is -0.381 e. The molecular weight excluding hydrogens is 390 g/mol. The Kier molecular flexibility index (Phi) is 4.82. The van der Waals surface area contributed by atoms with Crippen LogP contribution in [0.15, 0.2) is 36.9 Å². The summed E-state index contributed by atoms with van der Waals surface area (Å²) in [5, 5.41) is 26.6. The van der Waals surface area contributed by atoms with Crippen molar-refractivity contribution in [2.75, 3.05) is 5.32 Å². The fourth-order valence-corrected chi connectivity index (χ4v) is 4.12. The summed E-state index contributed by atoms with van der Waals surface area (Å²) in [5.41, 5.74) is 3.93. The molecule has 9 heteroatoms. The van der Waals surface area contributed by atoms with E-state index in [0.29, 0.717) is 22.9 Å². The van der Waals surface area contributed by atoms with Gasteiger partial charge in [-0.05, 0) is 32.8 Å². The smallest absolute Gasteiger partial charge is 0.164 e. The maximum Gasteiger partial charge on any atom is 0.164 e. The molecule has 1 aliphatic rings. The van der Waals surface area contributed by atoms with Crippen molar-refractivity contribution >= 4 is 16.7 Å². The molecule has 0 atom stereocenters. The van der Waals surface area contributed by atoms with E-state index in [2.05, 4.69) is 50.6 Å². The van der Waals surface area contributed by atoms with Gasteiger partial charge in [0.05, 0.1) is 35.5 Å². The summed E-state index contributed by atoms with van der Waals surface area (Å²) < 4.78 is 3.48. The van der Waals surface area contributed by atoms with Crippen molar-refractivity contribution in [1.82, 2.24) is 34.7 Å². The number of aromatic nitrogens is 7. The molecule has 0 bridgehead atoms. The summed E-state index contributed by atoms with van der Waals surface area (Å²) in [6, 6.07) is 6.04. The molecule has 0 radical (unpaired) electrons. The van der Waals surface area contributed by atoms with Crippen molar-refractivity contribution in [2.45, 2.75) is 51.5 Å². The number of hydrogen-bond donors (Lipinski definition) is 1. The molecule has 1 N–H and O–H groups in total. The average Bonchev–Trinajstić information content (AvgIpc) is 3.52. The second kappa shape index (κ2) is 7.80. The zero-order valence-corrected chi connectivity index (χ0v) is 17.5. The average molecular weight is 413 g/mol. The fourth-order valence-electron chi connectivity index (χ4n) is 4.12. The number of nitriles is 1. The standard InChI is InChI=1S/C22H23N9/c1-14(2)27-18-8-21(31-22-17(11-26-31)7-15(9-23)10-25-22)24-12-20(18)30-13-19(28-29-30)16-5-3-4-6-16/h7-8,10-14,16H,3-6H2,1-2H3,(H,24,27). The van der Waals surface area contributed by atoms with Gasteiger partial charge in [-0.15, -0.1) is 5.10 Å². The third-order valence-electron chi connectivity index (χ3n) is 5.60. The van der Waals surface area contributed by atoms with Gasteiger partial charge in [-0.2, -0.15) is 15.0 Å². The van der Waals surface area contributed by atoms with Crippen molar-refractivity contribution < 1.29 is 0 Å². The molecule has 1 aliphatic carbocycles. The summed E-state index contributed by atoms with van der Waals surface area (Å²) in [5.74, 6) is 1.14. The van der Waals surface area contributed by atoms with E-state index in [4.69, 9.17) is 5.26 Å². The van der Waals surface area contributed by atoms with Gasteiger partial charge in [0, 0.05) is 29.6 Å². The molecule has 0 amide bonds. The van der Waals surface area contributed by atoms with E-state index in [-0.39, 0.29) is 6.04 Å². The normalized spacial score (nSPS) is 14.4.